The SMILES string of the molecule is Cc1cc(F)c2c(c1)CCCN2C(=O)c1cccc(CS(=O)(=O)c2ccccc2)c1. The van der Waals surface area contributed by atoms with E-state index in [0.717, 1.165) is 24.0 Å². The molecule has 0 N–H and O–H groups in total. The number of fused-ring (bicyclic) bond motifs is 1. The van der Waals surface area contributed by atoms with Gasteiger partial charge in [0.2, 0.25) is 0 Å². The van der Waals surface area contributed by atoms with Gasteiger partial charge < -0.3 is 4.90 Å². The number of rotatable bonds is 4. The van der Waals surface area contributed by atoms with Crippen molar-refractivity contribution >= 4 is 21.4 Å². The van der Waals surface area contributed by atoms with Crippen molar-refractivity contribution < 1.29 is 17.6 Å². The third-order valence-corrected chi connectivity index (χ3v) is 6.97. The molecule has 0 unspecified atom stereocenters. The Bertz CT molecular complexity index is 1210. The number of carbonyl (C=O) groups is 1. The Morgan fingerprint density at radius 1 is 1.03 bits per heavy atom. The molecule has 1 amide bonds. The number of hydrogen-bond acceptors (Lipinski definition) is 3. The molecule has 3 aromatic rings. The van der Waals surface area contributed by atoms with E-state index < -0.39 is 15.7 Å². The highest BCUT2D eigenvalue weighted by atomic mass is 32.2. The van der Waals surface area contributed by atoms with Crippen molar-refractivity contribution in [2.75, 3.05) is 11.4 Å². The van der Waals surface area contributed by atoms with E-state index in [0.29, 0.717) is 23.4 Å². The Balaban J connectivity index is 1.64. The van der Waals surface area contributed by atoms with Gasteiger partial charge in [0.1, 0.15) is 5.82 Å². The highest BCUT2D eigenvalue weighted by Crippen LogP contribution is 2.32. The molecule has 3 aromatic carbocycles. The molecule has 4 rings (SSSR count). The van der Waals surface area contributed by atoms with Gasteiger partial charge in [-0.1, -0.05) is 36.4 Å². The second kappa shape index (κ2) is 8.03. The van der Waals surface area contributed by atoms with Gasteiger partial charge in [-0.3, -0.25) is 4.79 Å². The fourth-order valence-corrected chi connectivity index (χ4v) is 5.28. The van der Waals surface area contributed by atoms with Gasteiger partial charge in [-0.25, -0.2) is 12.8 Å². The normalized spacial score (nSPS) is 13.7. The molecule has 0 spiro atoms. The van der Waals surface area contributed by atoms with E-state index in [2.05, 4.69) is 0 Å². The summed E-state index contributed by atoms with van der Waals surface area (Å²) in [5.74, 6) is -0.930. The number of amides is 1. The van der Waals surface area contributed by atoms with E-state index in [1.807, 2.05) is 13.0 Å². The summed E-state index contributed by atoms with van der Waals surface area (Å²) in [5, 5.41) is 0. The maximum atomic E-state index is 14.7. The minimum atomic E-state index is -3.53. The van der Waals surface area contributed by atoms with Crippen molar-refractivity contribution in [1.29, 1.82) is 0 Å². The molecular weight excluding hydrogens is 401 g/mol. The Morgan fingerprint density at radius 2 is 1.80 bits per heavy atom. The third-order valence-electron chi connectivity index (χ3n) is 5.26. The van der Waals surface area contributed by atoms with E-state index in [1.165, 1.54) is 11.0 Å². The first-order valence-electron chi connectivity index (χ1n) is 9.83. The van der Waals surface area contributed by atoms with Crippen LogP contribution in [-0.4, -0.2) is 20.9 Å². The number of anilines is 1. The Labute approximate surface area is 175 Å². The molecule has 154 valence electrons. The van der Waals surface area contributed by atoms with Crippen LogP contribution in [0.5, 0.6) is 0 Å². The van der Waals surface area contributed by atoms with E-state index in [4.69, 9.17) is 0 Å². The molecule has 0 fully saturated rings. The summed E-state index contributed by atoms with van der Waals surface area (Å²) in [4.78, 5) is 14.9. The highest BCUT2D eigenvalue weighted by molar-refractivity contribution is 7.90. The lowest BCUT2D eigenvalue weighted by molar-refractivity contribution is 0.0984. The quantitative estimate of drug-likeness (QED) is 0.611. The maximum absolute atomic E-state index is 14.7. The Morgan fingerprint density at radius 3 is 2.57 bits per heavy atom. The zero-order chi connectivity index (χ0) is 21.3. The number of nitrogens with zero attached hydrogens (tertiary/aromatic N) is 1. The van der Waals surface area contributed by atoms with Gasteiger partial charge >= 0.3 is 0 Å². The Hall–Kier alpha value is -2.99. The smallest absolute Gasteiger partial charge is 0.258 e. The average Bonchev–Trinajstić information content (AvgIpc) is 2.73. The van der Waals surface area contributed by atoms with Crippen molar-refractivity contribution in [1.82, 2.24) is 0 Å². The molecule has 0 aliphatic carbocycles. The van der Waals surface area contributed by atoms with E-state index >= 15 is 0 Å². The molecule has 0 radical (unpaired) electrons. The van der Waals surface area contributed by atoms with Gasteiger partial charge in [0.25, 0.3) is 5.91 Å². The van der Waals surface area contributed by atoms with Crippen molar-refractivity contribution in [2.24, 2.45) is 0 Å². The van der Waals surface area contributed by atoms with Crippen LogP contribution in [0.2, 0.25) is 0 Å². The molecule has 4 nitrogen and oxygen atoms in total. The lowest BCUT2D eigenvalue weighted by atomic mass is 9.98. The summed E-state index contributed by atoms with van der Waals surface area (Å²) >= 11 is 0. The van der Waals surface area contributed by atoms with Crippen LogP contribution in [0.25, 0.3) is 0 Å². The van der Waals surface area contributed by atoms with Crippen LogP contribution in [0.1, 0.15) is 33.5 Å². The van der Waals surface area contributed by atoms with Crippen molar-refractivity contribution in [2.45, 2.75) is 30.4 Å². The van der Waals surface area contributed by atoms with Crippen LogP contribution in [0.3, 0.4) is 0 Å². The fourth-order valence-electron chi connectivity index (χ4n) is 3.92. The number of sulfone groups is 1. The molecule has 0 saturated carbocycles. The van der Waals surface area contributed by atoms with Gasteiger partial charge in [-0.05, 0) is 66.8 Å². The monoisotopic (exact) mass is 423 g/mol. The minimum Gasteiger partial charge on any atom is -0.305 e. The van der Waals surface area contributed by atoms with Crippen molar-refractivity contribution in [3.8, 4) is 0 Å². The lowest BCUT2D eigenvalue weighted by Gasteiger charge is -2.30. The molecule has 1 aliphatic rings. The highest BCUT2D eigenvalue weighted by Gasteiger charge is 2.27. The molecule has 6 heteroatoms. The molecule has 0 aromatic heterocycles. The molecule has 0 atom stereocenters. The second-order valence-corrected chi connectivity index (χ2v) is 9.58. The summed E-state index contributed by atoms with van der Waals surface area (Å²) in [6, 6.07) is 18.2. The van der Waals surface area contributed by atoms with Crippen molar-refractivity contribution in [3.05, 3.63) is 94.8 Å². The van der Waals surface area contributed by atoms with E-state index in [1.54, 1.807) is 54.6 Å². The Kier molecular flexibility index (Phi) is 5.43. The zero-order valence-electron chi connectivity index (χ0n) is 16.6. The first kappa shape index (κ1) is 20.3. The largest absolute Gasteiger partial charge is 0.305 e. The first-order chi connectivity index (χ1) is 14.3. The summed E-state index contributed by atoms with van der Waals surface area (Å²) < 4.78 is 40.0. The van der Waals surface area contributed by atoms with Crippen molar-refractivity contribution in [3.63, 3.8) is 0 Å². The molecular formula is C24H22FNO3S. The summed E-state index contributed by atoms with van der Waals surface area (Å²) in [6.07, 6.45) is 1.48. The van der Waals surface area contributed by atoms with E-state index in [-0.39, 0.29) is 16.6 Å². The average molecular weight is 424 g/mol. The predicted octanol–water partition coefficient (Wildman–Crippen LogP) is 4.70. The predicted molar refractivity (Wildman–Crippen MR) is 115 cm³/mol. The summed E-state index contributed by atoms with van der Waals surface area (Å²) in [6.45, 7) is 2.26. The standard InChI is InChI=1S/C24H22FNO3S/c1-17-13-19-9-6-12-26(23(19)22(25)14-17)24(27)20-8-5-7-18(15-20)16-30(28,29)21-10-3-2-4-11-21/h2-5,7-8,10-11,13-15H,6,9,12,16H2,1H3. The molecule has 0 saturated heterocycles. The van der Waals surface area contributed by atoms with Crippen LogP contribution >= 0.6 is 0 Å². The number of halogens is 1. The zero-order valence-corrected chi connectivity index (χ0v) is 17.5. The van der Waals surface area contributed by atoms with Gasteiger partial charge in [0.05, 0.1) is 16.3 Å². The topological polar surface area (TPSA) is 54.5 Å². The van der Waals surface area contributed by atoms with Gasteiger partial charge in [0.15, 0.2) is 9.84 Å². The van der Waals surface area contributed by atoms with Gasteiger partial charge in [-0.2, -0.15) is 0 Å². The third kappa shape index (κ3) is 4.00. The molecule has 30 heavy (non-hydrogen) atoms. The second-order valence-electron chi connectivity index (χ2n) is 7.59. The number of benzene rings is 3. The summed E-state index contributed by atoms with van der Waals surface area (Å²) in [5.41, 5.74) is 2.86. The maximum Gasteiger partial charge on any atom is 0.258 e. The van der Waals surface area contributed by atoms with Crippen LogP contribution in [-0.2, 0) is 22.0 Å². The number of hydrogen-bond donors (Lipinski definition) is 0. The van der Waals surface area contributed by atoms with Gasteiger partial charge in [-0.15, -0.1) is 0 Å². The van der Waals surface area contributed by atoms with Crippen LogP contribution in [0, 0.1) is 12.7 Å². The lowest BCUT2D eigenvalue weighted by Crippen LogP contribution is -2.36. The fraction of sp³-hybridized carbons (Fsp3) is 0.208. The minimum absolute atomic E-state index is 0.206. The van der Waals surface area contributed by atoms with Gasteiger partial charge in [0, 0.05) is 12.1 Å². The molecule has 1 heterocycles. The molecule has 0 bridgehead atoms. The molecule has 1 aliphatic heterocycles. The van der Waals surface area contributed by atoms with Crippen LogP contribution in [0.15, 0.2) is 71.6 Å². The summed E-state index contributed by atoms with van der Waals surface area (Å²) in [7, 11) is -3.53. The first-order valence-corrected chi connectivity index (χ1v) is 11.5. The van der Waals surface area contributed by atoms with Crippen LogP contribution < -0.4 is 4.90 Å². The number of carbonyl (C=O) groups excluding carboxylic acids is 1. The van der Waals surface area contributed by atoms with E-state index in [9.17, 15) is 17.6 Å². The van der Waals surface area contributed by atoms with Crippen LogP contribution in [0.4, 0.5) is 10.1 Å². The number of aryl methyl sites for hydroxylation is 2.